The van der Waals surface area contributed by atoms with Gasteiger partial charge in [0.05, 0.1) is 0 Å². The molecule has 8 N–H and O–H groups in total. The van der Waals surface area contributed by atoms with Crippen LogP contribution in [0.2, 0.25) is 0 Å². The molecule has 1 aromatic rings. The van der Waals surface area contributed by atoms with Crippen LogP contribution in [0.25, 0.3) is 0 Å². The first-order valence-electron chi connectivity index (χ1n) is 10.9. The Morgan fingerprint density at radius 3 is 1.59 bits per heavy atom. The Morgan fingerprint density at radius 1 is 0.690 bits per heavy atom. The fourth-order valence-corrected chi connectivity index (χ4v) is 4.83. The summed E-state index contributed by atoms with van der Waals surface area (Å²) in [6, 6.07) is 0.492. The summed E-state index contributed by atoms with van der Waals surface area (Å²) >= 11 is 0. The summed E-state index contributed by atoms with van der Waals surface area (Å²) in [5.41, 5.74) is 24.9. The van der Waals surface area contributed by atoms with Gasteiger partial charge in [0.2, 0.25) is 17.8 Å². The molecule has 1 unspecified atom stereocenters. The first kappa shape index (κ1) is 20.5. The molecule has 3 fully saturated rings. The SMILES string of the molecule is CC1CCCCN1c1nc(N2C[C@H](N)C[C@H](N)C2)nc(N2C[C@H](N)C[C@H](N)C2)n1. The van der Waals surface area contributed by atoms with Gasteiger partial charge in [-0.1, -0.05) is 0 Å². The molecular formula is C19H36N10. The van der Waals surface area contributed by atoms with Gasteiger partial charge < -0.3 is 37.6 Å². The van der Waals surface area contributed by atoms with Crippen LogP contribution in [0.1, 0.15) is 39.0 Å². The predicted molar refractivity (Wildman–Crippen MR) is 116 cm³/mol. The van der Waals surface area contributed by atoms with E-state index < -0.39 is 0 Å². The number of hydrogen-bond donors (Lipinski definition) is 4. The average molecular weight is 405 g/mol. The van der Waals surface area contributed by atoms with Crippen molar-refractivity contribution in [1.82, 2.24) is 15.0 Å². The van der Waals surface area contributed by atoms with Gasteiger partial charge in [0.25, 0.3) is 0 Å². The fourth-order valence-electron chi connectivity index (χ4n) is 4.83. The van der Waals surface area contributed by atoms with E-state index in [0.29, 0.717) is 44.1 Å². The molecule has 3 saturated heterocycles. The number of piperidine rings is 3. The largest absolute Gasteiger partial charge is 0.338 e. The zero-order valence-corrected chi connectivity index (χ0v) is 17.5. The molecule has 4 heterocycles. The van der Waals surface area contributed by atoms with Crippen molar-refractivity contribution in [2.75, 3.05) is 47.4 Å². The third-order valence-electron chi connectivity index (χ3n) is 6.26. The zero-order chi connectivity index (χ0) is 20.5. The second-order valence-corrected chi connectivity index (χ2v) is 9.10. The van der Waals surface area contributed by atoms with Crippen LogP contribution < -0.4 is 37.6 Å². The number of anilines is 3. The van der Waals surface area contributed by atoms with E-state index in [9.17, 15) is 0 Å². The Hall–Kier alpha value is -1.75. The Balaban J connectivity index is 1.69. The maximum Gasteiger partial charge on any atom is 0.232 e. The lowest BCUT2D eigenvalue weighted by Crippen LogP contribution is -2.54. The third-order valence-corrected chi connectivity index (χ3v) is 6.26. The lowest BCUT2D eigenvalue weighted by molar-refractivity contribution is 0.438. The standard InChI is InChI=1S/C19H36N10/c1-12-4-2-3-5-29(12)19-25-17(27-8-13(20)6-14(21)9-27)24-18(26-19)28-10-15(22)7-16(23)11-28/h12-16H,2-11,20-23H2,1H3/t12?,13-,14+,15-,16+. The molecule has 10 heteroatoms. The van der Waals surface area contributed by atoms with E-state index in [1.54, 1.807) is 0 Å². The first-order valence-corrected chi connectivity index (χ1v) is 10.9. The quantitative estimate of drug-likeness (QED) is 0.492. The van der Waals surface area contributed by atoms with E-state index in [2.05, 4.69) is 21.6 Å². The van der Waals surface area contributed by atoms with Crippen molar-refractivity contribution in [3.8, 4) is 0 Å². The smallest absolute Gasteiger partial charge is 0.232 e. The minimum Gasteiger partial charge on any atom is -0.338 e. The number of rotatable bonds is 3. The van der Waals surface area contributed by atoms with Crippen LogP contribution in [-0.2, 0) is 0 Å². The molecule has 0 aliphatic carbocycles. The maximum atomic E-state index is 6.23. The van der Waals surface area contributed by atoms with Crippen LogP contribution in [0.15, 0.2) is 0 Å². The van der Waals surface area contributed by atoms with Crippen LogP contribution in [0, 0.1) is 0 Å². The number of nitrogens with zero attached hydrogens (tertiary/aromatic N) is 6. The van der Waals surface area contributed by atoms with Gasteiger partial charge in [0.1, 0.15) is 0 Å². The second-order valence-electron chi connectivity index (χ2n) is 9.10. The summed E-state index contributed by atoms with van der Waals surface area (Å²) in [4.78, 5) is 21.0. The number of aromatic nitrogens is 3. The van der Waals surface area contributed by atoms with Gasteiger partial charge in [-0.05, 0) is 39.0 Å². The molecule has 0 radical (unpaired) electrons. The minimum absolute atomic E-state index is 0.0214. The zero-order valence-electron chi connectivity index (χ0n) is 17.5. The summed E-state index contributed by atoms with van der Waals surface area (Å²) in [7, 11) is 0. The van der Waals surface area contributed by atoms with Gasteiger partial charge in [0.15, 0.2) is 0 Å². The number of hydrogen-bond acceptors (Lipinski definition) is 10. The van der Waals surface area contributed by atoms with Gasteiger partial charge in [-0.15, -0.1) is 0 Å². The van der Waals surface area contributed by atoms with E-state index in [4.69, 9.17) is 37.9 Å². The van der Waals surface area contributed by atoms with Crippen LogP contribution >= 0.6 is 0 Å². The van der Waals surface area contributed by atoms with E-state index in [0.717, 1.165) is 38.2 Å². The molecule has 3 aliphatic heterocycles. The monoisotopic (exact) mass is 404 g/mol. The van der Waals surface area contributed by atoms with E-state index in [1.807, 2.05) is 0 Å². The van der Waals surface area contributed by atoms with Crippen LogP contribution in [0.3, 0.4) is 0 Å². The lowest BCUT2D eigenvalue weighted by atomic mass is 10.0. The summed E-state index contributed by atoms with van der Waals surface area (Å²) in [5.74, 6) is 2.04. The Bertz CT molecular complexity index is 635. The first-order chi connectivity index (χ1) is 13.9. The summed E-state index contributed by atoms with van der Waals surface area (Å²) in [5, 5.41) is 0. The molecule has 162 valence electrons. The van der Waals surface area contributed by atoms with Gasteiger partial charge in [0, 0.05) is 62.9 Å². The normalized spacial score (nSPS) is 33.8. The van der Waals surface area contributed by atoms with Gasteiger partial charge in [-0.2, -0.15) is 15.0 Å². The Morgan fingerprint density at radius 2 is 1.14 bits per heavy atom. The molecule has 0 spiro atoms. The molecule has 4 rings (SSSR count). The van der Waals surface area contributed by atoms with E-state index in [-0.39, 0.29) is 24.2 Å². The summed E-state index contributed by atoms with van der Waals surface area (Å²) < 4.78 is 0. The van der Waals surface area contributed by atoms with Crippen molar-refractivity contribution in [3.63, 3.8) is 0 Å². The van der Waals surface area contributed by atoms with E-state index >= 15 is 0 Å². The molecule has 3 aliphatic rings. The summed E-state index contributed by atoms with van der Waals surface area (Å²) in [6.07, 6.45) is 5.18. The van der Waals surface area contributed by atoms with Gasteiger partial charge >= 0.3 is 0 Å². The predicted octanol–water partition coefficient (Wildman–Crippen LogP) is -1.02. The molecule has 10 nitrogen and oxygen atoms in total. The van der Waals surface area contributed by atoms with Gasteiger partial charge in [-0.3, -0.25) is 0 Å². The third kappa shape index (κ3) is 4.71. The topological polar surface area (TPSA) is 152 Å². The maximum absolute atomic E-state index is 6.23. The van der Waals surface area contributed by atoms with Crippen molar-refractivity contribution in [3.05, 3.63) is 0 Å². The molecule has 29 heavy (non-hydrogen) atoms. The molecule has 0 amide bonds. The molecule has 1 aromatic heterocycles. The van der Waals surface area contributed by atoms with Crippen molar-refractivity contribution < 1.29 is 0 Å². The minimum atomic E-state index is 0.0214. The highest BCUT2D eigenvalue weighted by molar-refractivity contribution is 5.48. The van der Waals surface area contributed by atoms with Crippen molar-refractivity contribution >= 4 is 17.8 Å². The molecule has 0 aromatic carbocycles. The second kappa shape index (κ2) is 8.55. The summed E-state index contributed by atoms with van der Waals surface area (Å²) in [6.45, 7) is 6.00. The van der Waals surface area contributed by atoms with Crippen molar-refractivity contribution in [2.45, 2.75) is 69.2 Å². The highest BCUT2D eigenvalue weighted by atomic mass is 15.4. The fraction of sp³-hybridized carbons (Fsp3) is 0.842. The molecular weight excluding hydrogens is 368 g/mol. The van der Waals surface area contributed by atoms with Crippen molar-refractivity contribution in [2.24, 2.45) is 22.9 Å². The van der Waals surface area contributed by atoms with E-state index in [1.165, 1.54) is 6.42 Å². The average Bonchev–Trinajstić information content (AvgIpc) is 2.66. The van der Waals surface area contributed by atoms with Crippen LogP contribution in [-0.4, -0.2) is 77.9 Å². The Kier molecular flexibility index (Phi) is 6.05. The molecule has 5 atom stereocenters. The van der Waals surface area contributed by atoms with Gasteiger partial charge in [-0.25, -0.2) is 0 Å². The van der Waals surface area contributed by atoms with Crippen LogP contribution in [0.4, 0.5) is 17.8 Å². The highest BCUT2D eigenvalue weighted by Gasteiger charge is 2.30. The molecule has 0 saturated carbocycles. The highest BCUT2D eigenvalue weighted by Crippen LogP contribution is 2.27. The number of nitrogens with two attached hydrogens (primary N) is 4. The Labute approximate surface area is 173 Å². The lowest BCUT2D eigenvalue weighted by Gasteiger charge is -2.38. The van der Waals surface area contributed by atoms with Crippen molar-refractivity contribution in [1.29, 1.82) is 0 Å². The molecule has 0 bridgehead atoms. The van der Waals surface area contributed by atoms with Crippen LogP contribution in [0.5, 0.6) is 0 Å².